The molecule has 0 atom stereocenters. The number of hydrogen-bond donors (Lipinski definition) is 0. The monoisotopic (exact) mass is 427 g/mol. The molecule has 0 unspecified atom stereocenters. The largest absolute Gasteiger partial charge is 0.573 e. The van der Waals surface area contributed by atoms with Crippen molar-refractivity contribution in [2.45, 2.75) is 6.36 Å². The van der Waals surface area contributed by atoms with Crippen molar-refractivity contribution in [2.24, 2.45) is 0 Å². The van der Waals surface area contributed by atoms with Gasteiger partial charge in [-0.25, -0.2) is 0 Å². The van der Waals surface area contributed by atoms with Crippen LogP contribution in [-0.4, -0.2) is 17.6 Å². The lowest BCUT2D eigenvalue weighted by Crippen LogP contribution is -2.18. The van der Waals surface area contributed by atoms with Gasteiger partial charge in [0.05, 0.1) is 4.92 Å². The minimum absolute atomic E-state index is 0.175. The van der Waals surface area contributed by atoms with Crippen LogP contribution in [0.2, 0.25) is 0 Å². The van der Waals surface area contributed by atoms with Crippen LogP contribution in [0.1, 0.15) is 10.6 Å². The molecule has 0 aliphatic heterocycles. The number of halogens is 4. The van der Waals surface area contributed by atoms with Gasteiger partial charge in [0.15, 0.2) is 12.0 Å². The van der Waals surface area contributed by atoms with Crippen molar-refractivity contribution in [2.75, 3.05) is 0 Å². The van der Waals surface area contributed by atoms with Crippen molar-refractivity contribution >= 4 is 34.6 Å². The first-order chi connectivity index (χ1) is 10.2. The van der Waals surface area contributed by atoms with Crippen molar-refractivity contribution < 1.29 is 32.0 Å². The number of benzene rings is 1. The Morgan fingerprint density at radius 1 is 1.32 bits per heavy atom. The maximum absolute atomic E-state index is 12.5. The van der Waals surface area contributed by atoms with Crippen molar-refractivity contribution in [1.82, 2.24) is 0 Å². The number of nitrogens with zero attached hydrogens (tertiary/aromatic N) is 1. The smallest absolute Gasteiger partial charge is 0.453 e. The van der Waals surface area contributed by atoms with E-state index in [-0.39, 0.29) is 15.1 Å². The number of rotatable bonds is 4. The Bertz CT molecular complexity index is 741. The summed E-state index contributed by atoms with van der Waals surface area (Å²) in [5.41, 5.74) is -1.12. The number of nitro benzene ring substituents is 1. The molecule has 1 aromatic carbocycles. The third-order valence-corrected chi connectivity index (χ3v) is 3.08. The predicted molar refractivity (Wildman–Crippen MR) is 75.6 cm³/mol. The molecule has 0 aliphatic rings. The number of hydrogen-bond acceptors (Lipinski definition) is 5. The summed E-state index contributed by atoms with van der Waals surface area (Å²) in [6.45, 7) is 0. The van der Waals surface area contributed by atoms with Crippen LogP contribution in [-0.2, 0) is 0 Å². The molecule has 0 fully saturated rings. The fourth-order valence-corrected chi connectivity index (χ4v) is 2.29. The molecule has 0 spiro atoms. The van der Waals surface area contributed by atoms with Crippen LogP contribution < -0.4 is 4.74 Å². The molecular formula is C12H5F3INO5. The molecular weight excluding hydrogens is 422 g/mol. The van der Waals surface area contributed by atoms with Crippen LogP contribution in [0.15, 0.2) is 28.7 Å². The van der Waals surface area contributed by atoms with Gasteiger partial charge in [0.1, 0.15) is 17.1 Å². The number of aldehydes is 1. The molecule has 2 rings (SSSR count). The fourth-order valence-electron chi connectivity index (χ4n) is 1.72. The van der Waals surface area contributed by atoms with E-state index in [0.29, 0.717) is 6.29 Å². The van der Waals surface area contributed by atoms with Gasteiger partial charge in [-0.15, -0.1) is 13.2 Å². The van der Waals surface area contributed by atoms with Gasteiger partial charge < -0.3 is 9.15 Å². The molecule has 22 heavy (non-hydrogen) atoms. The van der Waals surface area contributed by atoms with Gasteiger partial charge >= 0.3 is 6.36 Å². The van der Waals surface area contributed by atoms with Gasteiger partial charge in [-0.1, -0.05) is 0 Å². The molecule has 10 heteroatoms. The lowest BCUT2D eigenvalue weighted by Gasteiger charge is -2.12. The molecule has 1 heterocycles. The average molecular weight is 427 g/mol. The van der Waals surface area contributed by atoms with E-state index in [1.807, 2.05) is 0 Å². The van der Waals surface area contributed by atoms with E-state index in [1.165, 1.54) is 6.07 Å². The second-order valence-electron chi connectivity index (χ2n) is 3.92. The summed E-state index contributed by atoms with van der Waals surface area (Å²) < 4.78 is 46.5. The first-order valence-electron chi connectivity index (χ1n) is 5.50. The Morgan fingerprint density at radius 2 is 2.00 bits per heavy atom. The maximum Gasteiger partial charge on any atom is 0.573 e. The summed E-state index contributed by atoms with van der Waals surface area (Å²) in [6, 6.07) is 4.39. The Kier molecular flexibility index (Phi) is 4.39. The topological polar surface area (TPSA) is 82.6 Å². The highest BCUT2D eigenvalue weighted by molar-refractivity contribution is 14.1. The Hall–Kier alpha value is -2.11. The van der Waals surface area contributed by atoms with E-state index in [9.17, 15) is 28.1 Å². The molecule has 116 valence electrons. The van der Waals surface area contributed by atoms with E-state index < -0.39 is 28.3 Å². The third kappa shape index (κ3) is 3.55. The number of ether oxygens (including phenoxy) is 1. The molecule has 0 amide bonds. The van der Waals surface area contributed by atoms with E-state index >= 15 is 0 Å². The number of nitro groups is 1. The van der Waals surface area contributed by atoms with E-state index in [4.69, 9.17) is 4.42 Å². The summed E-state index contributed by atoms with van der Waals surface area (Å²) >= 11 is 1.63. The molecule has 6 nitrogen and oxygen atoms in total. The Morgan fingerprint density at radius 3 is 2.50 bits per heavy atom. The van der Waals surface area contributed by atoms with Gasteiger partial charge in [-0.3, -0.25) is 14.9 Å². The van der Waals surface area contributed by atoms with Crippen LogP contribution in [0.25, 0.3) is 11.3 Å². The van der Waals surface area contributed by atoms with Gasteiger partial charge in [0, 0.05) is 9.64 Å². The second kappa shape index (κ2) is 5.94. The van der Waals surface area contributed by atoms with Crippen molar-refractivity contribution in [3.8, 4) is 17.1 Å². The standard InChI is InChI=1S/C12H5F3INO5/c13-12(14,15)22-10-4-6(16)3-8(17(19)20)11(10)9-2-1-7(5-18)21-9/h1-5H. The molecule has 0 aliphatic carbocycles. The van der Waals surface area contributed by atoms with Gasteiger partial charge in [0.2, 0.25) is 0 Å². The molecule has 0 saturated carbocycles. The summed E-state index contributed by atoms with van der Waals surface area (Å²) in [5, 5.41) is 11.1. The second-order valence-corrected chi connectivity index (χ2v) is 5.17. The number of alkyl halides is 3. The maximum atomic E-state index is 12.5. The summed E-state index contributed by atoms with van der Waals surface area (Å²) in [5.74, 6) is -1.23. The van der Waals surface area contributed by atoms with Crippen LogP contribution in [0.5, 0.6) is 5.75 Å². The molecule has 2 aromatic rings. The molecule has 0 saturated heterocycles. The third-order valence-electron chi connectivity index (χ3n) is 2.46. The SMILES string of the molecule is O=Cc1ccc(-c2c(OC(F)(F)F)cc(I)cc2[N+](=O)[O-])o1. The first kappa shape index (κ1) is 16.3. The zero-order valence-corrected chi connectivity index (χ0v) is 12.5. The van der Waals surface area contributed by atoms with E-state index in [2.05, 4.69) is 4.74 Å². The molecule has 0 radical (unpaired) electrons. The number of carbonyl (C=O) groups excluding carboxylic acids is 1. The Labute approximate surface area is 134 Å². The van der Waals surface area contributed by atoms with Crippen molar-refractivity contribution in [1.29, 1.82) is 0 Å². The van der Waals surface area contributed by atoms with Crippen LogP contribution >= 0.6 is 22.6 Å². The van der Waals surface area contributed by atoms with E-state index in [0.717, 1.165) is 18.2 Å². The van der Waals surface area contributed by atoms with Gasteiger partial charge in [-0.2, -0.15) is 0 Å². The quantitative estimate of drug-likeness (QED) is 0.317. The lowest BCUT2D eigenvalue weighted by molar-refractivity contribution is -0.384. The summed E-state index contributed by atoms with van der Waals surface area (Å²) in [6.07, 6.45) is -4.71. The molecule has 0 bridgehead atoms. The number of furan rings is 1. The van der Waals surface area contributed by atoms with Gasteiger partial charge in [0.25, 0.3) is 5.69 Å². The predicted octanol–water partition coefficient (Wildman–Crippen LogP) is 4.17. The van der Waals surface area contributed by atoms with Crippen LogP contribution in [0.3, 0.4) is 0 Å². The average Bonchev–Trinajstić information content (AvgIpc) is 2.84. The number of carbonyl (C=O) groups is 1. The highest BCUT2D eigenvalue weighted by Crippen LogP contribution is 2.42. The van der Waals surface area contributed by atoms with Crippen molar-refractivity contribution in [3.05, 3.63) is 43.7 Å². The van der Waals surface area contributed by atoms with Gasteiger partial charge in [-0.05, 0) is 40.8 Å². The van der Waals surface area contributed by atoms with Crippen LogP contribution in [0.4, 0.5) is 18.9 Å². The zero-order chi connectivity index (χ0) is 16.5. The highest BCUT2D eigenvalue weighted by Gasteiger charge is 2.35. The first-order valence-corrected chi connectivity index (χ1v) is 6.58. The van der Waals surface area contributed by atoms with E-state index in [1.54, 1.807) is 22.6 Å². The fraction of sp³-hybridized carbons (Fsp3) is 0.0833. The minimum Gasteiger partial charge on any atom is -0.453 e. The minimum atomic E-state index is -5.03. The zero-order valence-electron chi connectivity index (χ0n) is 10.4. The molecule has 0 N–H and O–H groups in total. The normalized spacial score (nSPS) is 11.3. The Balaban J connectivity index is 2.71. The lowest BCUT2D eigenvalue weighted by atomic mass is 10.1. The summed E-state index contributed by atoms with van der Waals surface area (Å²) in [7, 11) is 0. The highest BCUT2D eigenvalue weighted by atomic mass is 127. The molecule has 1 aromatic heterocycles. The van der Waals surface area contributed by atoms with Crippen LogP contribution in [0, 0.1) is 13.7 Å². The van der Waals surface area contributed by atoms with Crippen molar-refractivity contribution in [3.63, 3.8) is 0 Å². The summed E-state index contributed by atoms with van der Waals surface area (Å²) in [4.78, 5) is 20.8.